The van der Waals surface area contributed by atoms with E-state index in [1.807, 2.05) is 86.6 Å². The topological polar surface area (TPSA) is 43.4 Å². The molecule has 0 fully saturated rings. The lowest BCUT2D eigenvalue weighted by Gasteiger charge is -2.17. The second kappa shape index (κ2) is 12.3. The van der Waals surface area contributed by atoms with Crippen LogP contribution in [0.25, 0.3) is 22.0 Å². The summed E-state index contributed by atoms with van der Waals surface area (Å²) in [5, 5.41) is 3.93. The van der Waals surface area contributed by atoms with E-state index in [9.17, 15) is 13.2 Å². The Morgan fingerprint density at radius 1 is 0.780 bits per heavy atom. The number of pyridine rings is 1. The zero-order valence-electron chi connectivity index (χ0n) is 23.0. The van der Waals surface area contributed by atoms with E-state index >= 15 is 0 Å². The average molecular weight is 557 g/mol. The van der Waals surface area contributed by atoms with Crippen molar-refractivity contribution in [3.63, 3.8) is 0 Å². The Morgan fingerprint density at radius 2 is 1.56 bits per heavy atom. The van der Waals surface area contributed by atoms with E-state index in [0.717, 1.165) is 51.1 Å². The minimum Gasteiger partial charge on any atom is -0.494 e. The molecule has 0 amide bonds. The first-order valence-corrected chi connectivity index (χ1v) is 13.6. The first-order chi connectivity index (χ1) is 19.9. The van der Waals surface area contributed by atoms with Crippen molar-refractivity contribution in [2.75, 3.05) is 18.5 Å². The van der Waals surface area contributed by atoms with Crippen molar-refractivity contribution in [1.82, 2.24) is 4.98 Å². The van der Waals surface area contributed by atoms with E-state index in [-0.39, 0.29) is 5.52 Å². The summed E-state index contributed by atoms with van der Waals surface area (Å²) in [5.74, 6) is 1.49. The average Bonchev–Trinajstić information content (AvgIpc) is 2.97. The van der Waals surface area contributed by atoms with Crippen LogP contribution in [0.4, 0.5) is 18.9 Å². The van der Waals surface area contributed by atoms with Gasteiger partial charge in [-0.1, -0.05) is 54.6 Å². The number of rotatable bonds is 10. The summed E-state index contributed by atoms with van der Waals surface area (Å²) in [5.41, 5.74) is 4.46. The van der Waals surface area contributed by atoms with E-state index in [1.54, 1.807) is 12.3 Å². The highest BCUT2D eigenvalue weighted by Crippen LogP contribution is 2.39. The number of halogens is 3. The molecular weight excluding hydrogens is 525 g/mol. The molecule has 0 aliphatic carbocycles. The van der Waals surface area contributed by atoms with Gasteiger partial charge >= 0.3 is 6.18 Å². The summed E-state index contributed by atoms with van der Waals surface area (Å²) >= 11 is 0. The van der Waals surface area contributed by atoms with Crippen molar-refractivity contribution < 1.29 is 22.6 Å². The number of aromatic nitrogens is 1. The lowest BCUT2D eigenvalue weighted by atomic mass is 9.91. The summed E-state index contributed by atoms with van der Waals surface area (Å²) < 4.78 is 53.2. The van der Waals surface area contributed by atoms with Crippen molar-refractivity contribution in [1.29, 1.82) is 0 Å². The Hall–Kier alpha value is -4.52. The number of nitrogens with one attached hydrogen (secondary N) is 1. The Bertz CT molecular complexity index is 1640. The van der Waals surface area contributed by atoms with Crippen LogP contribution in [0.3, 0.4) is 0 Å². The second-order valence-corrected chi connectivity index (χ2v) is 9.59. The molecule has 5 rings (SSSR count). The molecule has 4 nitrogen and oxygen atoms in total. The number of anilines is 1. The van der Waals surface area contributed by atoms with Gasteiger partial charge in [-0.05, 0) is 72.9 Å². The van der Waals surface area contributed by atoms with E-state index in [1.165, 1.54) is 6.07 Å². The van der Waals surface area contributed by atoms with Gasteiger partial charge < -0.3 is 14.8 Å². The number of hydrogen-bond donors (Lipinski definition) is 1. The highest BCUT2D eigenvalue weighted by molar-refractivity contribution is 5.98. The normalized spacial score (nSPS) is 11.4. The number of benzene rings is 4. The minimum absolute atomic E-state index is 0.0547. The lowest BCUT2D eigenvalue weighted by Crippen LogP contribution is -2.07. The van der Waals surface area contributed by atoms with Gasteiger partial charge in [0.25, 0.3) is 0 Å². The third-order valence-electron chi connectivity index (χ3n) is 6.80. The van der Waals surface area contributed by atoms with Crippen LogP contribution >= 0.6 is 0 Å². The van der Waals surface area contributed by atoms with Gasteiger partial charge in [0, 0.05) is 35.4 Å². The molecule has 4 aromatic carbocycles. The van der Waals surface area contributed by atoms with Crippen molar-refractivity contribution in [2.24, 2.45) is 0 Å². The largest absolute Gasteiger partial charge is 0.494 e. The molecule has 210 valence electrons. The smallest absolute Gasteiger partial charge is 0.418 e. The summed E-state index contributed by atoms with van der Waals surface area (Å²) in [6, 6.07) is 27.6. The van der Waals surface area contributed by atoms with E-state index in [4.69, 9.17) is 9.47 Å². The van der Waals surface area contributed by atoms with Gasteiger partial charge in [-0.2, -0.15) is 13.2 Å². The third kappa shape index (κ3) is 6.46. The number of nitrogens with zero attached hydrogens (tertiary/aromatic N) is 1. The molecule has 0 saturated heterocycles. The minimum atomic E-state index is -4.51. The van der Waals surface area contributed by atoms with Crippen molar-refractivity contribution in [2.45, 2.75) is 33.0 Å². The molecule has 41 heavy (non-hydrogen) atoms. The van der Waals surface area contributed by atoms with Crippen LogP contribution < -0.4 is 14.8 Å². The van der Waals surface area contributed by atoms with Gasteiger partial charge in [-0.3, -0.25) is 4.98 Å². The quantitative estimate of drug-likeness (QED) is 0.187. The molecule has 0 radical (unpaired) electrons. The van der Waals surface area contributed by atoms with Crippen LogP contribution in [0.2, 0.25) is 0 Å². The predicted octanol–water partition coefficient (Wildman–Crippen LogP) is 8.92. The second-order valence-electron chi connectivity index (χ2n) is 9.59. The zero-order valence-corrected chi connectivity index (χ0v) is 23.0. The molecule has 0 bridgehead atoms. The van der Waals surface area contributed by atoms with E-state index in [0.29, 0.717) is 31.6 Å². The van der Waals surface area contributed by atoms with Crippen LogP contribution in [-0.4, -0.2) is 18.2 Å². The van der Waals surface area contributed by atoms with Gasteiger partial charge in [0.05, 0.1) is 24.3 Å². The van der Waals surface area contributed by atoms with Crippen molar-refractivity contribution in [3.05, 3.63) is 119 Å². The SMILES string of the molecule is CCOc1ccc(CNc2cccc(-c3c(Cc4ccccc4)cnc4c(C(F)(F)F)cccc34)c2)c(OCC)c1. The third-order valence-corrected chi connectivity index (χ3v) is 6.80. The molecule has 7 heteroatoms. The van der Waals surface area contributed by atoms with Gasteiger partial charge in [0.1, 0.15) is 11.5 Å². The van der Waals surface area contributed by atoms with Crippen LogP contribution in [0.1, 0.15) is 36.1 Å². The number of hydrogen-bond acceptors (Lipinski definition) is 4. The van der Waals surface area contributed by atoms with Gasteiger partial charge in [-0.15, -0.1) is 0 Å². The highest BCUT2D eigenvalue weighted by atomic mass is 19.4. The van der Waals surface area contributed by atoms with E-state index in [2.05, 4.69) is 10.3 Å². The number of para-hydroxylation sites is 1. The molecule has 0 aliphatic rings. The van der Waals surface area contributed by atoms with Crippen molar-refractivity contribution in [3.8, 4) is 22.6 Å². The molecule has 0 saturated carbocycles. The summed E-state index contributed by atoms with van der Waals surface area (Å²) in [6.07, 6.45) is -2.39. The number of alkyl halides is 3. The Kier molecular flexibility index (Phi) is 8.43. The van der Waals surface area contributed by atoms with Crippen LogP contribution in [0.15, 0.2) is 97.2 Å². The Morgan fingerprint density at radius 3 is 2.32 bits per heavy atom. The first-order valence-electron chi connectivity index (χ1n) is 13.6. The molecule has 0 aliphatic heterocycles. The molecule has 0 spiro atoms. The maximum Gasteiger partial charge on any atom is 0.418 e. The molecule has 0 atom stereocenters. The van der Waals surface area contributed by atoms with Gasteiger partial charge in [-0.25, -0.2) is 0 Å². The van der Waals surface area contributed by atoms with Crippen LogP contribution in [-0.2, 0) is 19.1 Å². The fourth-order valence-corrected chi connectivity index (χ4v) is 4.99. The Balaban J connectivity index is 1.54. The fraction of sp³-hybridized carbons (Fsp3) is 0.206. The maximum absolute atomic E-state index is 13.9. The molecule has 1 heterocycles. The first kappa shape index (κ1) is 28.0. The lowest BCUT2D eigenvalue weighted by molar-refractivity contribution is -0.136. The number of ether oxygens (including phenoxy) is 2. The summed E-state index contributed by atoms with van der Waals surface area (Å²) in [6.45, 7) is 5.46. The monoisotopic (exact) mass is 556 g/mol. The van der Waals surface area contributed by atoms with Crippen LogP contribution in [0, 0.1) is 0 Å². The molecule has 0 unspecified atom stereocenters. The van der Waals surface area contributed by atoms with Gasteiger partial charge in [0.15, 0.2) is 0 Å². The maximum atomic E-state index is 13.9. The molecular formula is C34H31F3N2O2. The van der Waals surface area contributed by atoms with Crippen LogP contribution in [0.5, 0.6) is 11.5 Å². The summed E-state index contributed by atoms with van der Waals surface area (Å²) in [4.78, 5) is 4.32. The summed E-state index contributed by atoms with van der Waals surface area (Å²) in [7, 11) is 0. The predicted molar refractivity (Wildman–Crippen MR) is 158 cm³/mol. The number of fused-ring (bicyclic) bond motifs is 1. The van der Waals surface area contributed by atoms with Crippen molar-refractivity contribution >= 4 is 16.6 Å². The fourth-order valence-electron chi connectivity index (χ4n) is 4.99. The molecule has 1 N–H and O–H groups in total. The zero-order chi connectivity index (χ0) is 28.8. The standard InChI is InChI=1S/C34H31F3N2O2/c1-3-40-28-17-16-25(31(20-28)41-4-2)21-38-27-13-8-12-24(19-27)32-26(18-23-10-6-5-7-11-23)22-39-33-29(32)14-9-15-30(33)34(35,36)37/h5-17,19-20,22,38H,3-4,18,21H2,1-2H3. The Labute approximate surface area is 237 Å². The highest BCUT2D eigenvalue weighted by Gasteiger charge is 2.33. The molecule has 5 aromatic rings. The van der Waals surface area contributed by atoms with Gasteiger partial charge in [0.2, 0.25) is 0 Å². The molecule has 1 aromatic heterocycles. The van der Waals surface area contributed by atoms with E-state index < -0.39 is 11.7 Å².